The van der Waals surface area contributed by atoms with Gasteiger partial charge in [0.15, 0.2) is 5.89 Å². The highest BCUT2D eigenvalue weighted by Gasteiger charge is 2.51. The number of fused-ring (bicyclic) bond motifs is 1. The average Bonchev–Trinajstić information content (AvgIpc) is 3.91. The number of carbonyl (C=O) groups excluding carboxylic acids is 2. The first kappa shape index (κ1) is 50.3. The van der Waals surface area contributed by atoms with Gasteiger partial charge >= 0.3 is 18.2 Å². The van der Waals surface area contributed by atoms with Crippen LogP contribution in [0.15, 0.2) is 138 Å². The van der Waals surface area contributed by atoms with E-state index in [9.17, 15) is 22.8 Å². The highest BCUT2D eigenvalue weighted by molar-refractivity contribution is 6.99. The number of methoxy groups -OCH3 is 2. The van der Waals surface area contributed by atoms with Gasteiger partial charge in [0.2, 0.25) is 0 Å². The molecule has 0 saturated carbocycles. The summed E-state index contributed by atoms with van der Waals surface area (Å²) in [5.41, 5.74) is 3.43. The number of nitrogens with zero attached hydrogens (tertiary/aromatic N) is 3. The monoisotopic (exact) mass is 960 g/mol. The van der Waals surface area contributed by atoms with Crippen LogP contribution < -0.4 is 15.7 Å². The van der Waals surface area contributed by atoms with Crippen molar-refractivity contribution in [1.82, 2.24) is 19.9 Å². The molecule has 7 aromatic rings. The number of ether oxygens (including phenoxy) is 3. The molecule has 11 nitrogen and oxygen atoms in total. The van der Waals surface area contributed by atoms with Gasteiger partial charge in [0.05, 0.1) is 31.0 Å². The van der Waals surface area contributed by atoms with E-state index in [1.165, 1.54) is 17.9 Å². The van der Waals surface area contributed by atoms with E-state index < -0.39 is 50.7 Å². The van der Waals surface area contributed by atoms with Gasteiger partial charge < -0.3 is 32.9 Å². The number of hydrogen-bond acceptors (Lipinski definition) is 9. The van der Waals surface area contributed by atoms with E-state index in [-0.39, 0.29) is 30.6 Å². The number of esters is 1. The molecule has 0 unspecified atom stereocenters. The number of alkyl halides is 3. The second kappa shape index (κ2) is 21.0. The zero-order chi connectivity index (χ0) is 49.6. The van der Waals surface area contributed by atoms with E-state index in [0.29, 0.717) is 51.1 Å². The van der Waals surface area contributed by atoms with Crippen LogP contribution in [0.25, 0.3) is 33.4 Å². The van der Waals surface area contributed by atoms with Gasteiger partial charge in [0.1, 0.15) is 31.2 Å². The second-order valence-corrected chi connectivity index (χ2v) is 23.3. The highest BCUT2D eigenvalue weighted by Crippen LogP contribution is 2.44. The molecule has 0 aliphatic carbocycles. The summed E-state index contributed by atoms with van der Waals surface area (Å²) in [5.74, 6) is -0.635. The topological polar surface area (TPSA) is 127 Å². The van der Waals surface area contributed by atoms with Crippen LogP contribution in [0.4, 0.5) is 18.0 Å². The Morgan fingerprint density at radius 3 is 2.07 bits per heavy atom. The number of hydrogen-bond donors (Lipinski definition) is 1. The summed E-state index contributed by atoms with van der Waals surface area (Å²) in [4.78, 5) is 35.0. The van der Waals surface area contributed by atoms with Gasteiger partial charge in [-0.15, -0.1) is 0 Å². The smallest absolute Gasteiger partial charge is 0.408 e. The van der Waals surface area contributed by atoms with Crippen molar-refractivity contribution in [1.29, 1.82) is 0 Å². The van der Waals surface area contributed by atoms with E-state index in [1.54, 1.807) is 49.7 Å². The number of aromatic nitrogens is 3. The molecule has 1 amide bonds. The van der Waals surface area contributed by atoms with Crippen LogP contribution in [-0.4, -0.2) is 68.0 Å². The molecule has 362 valence electrons. The molecule has 4 aromatic carbocycles. The van der Waals surface area contributed by atoms with Gasteiger partial charge in [-0.3, -0.25) is 4.98 Å². The predicted molar refractivity (Wildman–Crippen MR) is 262 cm³/mol. The fourth-order valence-electron chi connectivity index (χ4n) is 9.02. The molecular weight excluding hydrogens is 902 g/mol. The van der Waals surface area contributed by atoms with E-state index >= 15 is 0 Å². The summed E-state index contributed by atoms with van der Waals surface area (Å²) >= 11 is 0. The third-order valence-electron chi connectivity index (χ3n) is 12.3. The molecule has 15 heteroatoms. The minimum atomic E-state index is -4.59. The molecular formula is C54H59F3N4O7Si. The average molecular weight is 961 g/mol. The van der Waals surface area contributed by atoms with Crippen molar-refractivity contribution < 1.29 is 45.8 Å². The highest BCUT2D eigenvalue weighted by atomic mass is 28.4. The summed E-state index contributed by atoms with van der Waals surface area (Å²) in [6.45, 7) is 11.6. The van der Waals surface area contributed by atoms with E-state index in [0.717, 1.165) is 15.9 Å². The van der Waals surface area contributed by atoms with Gasteiger partial charge in [-0.1, -0.05) is 132 Å². The molecule has 2 atom stereocenters. The van der Waals surface area contributed by atoms with E-state index in [4.69, 9.17) is 23.1 Å². The predicted octanol–water partition coefficient (Wildman–Crippen LogP) is 10.8. The van der Waals surface area contributed by atoms with E-state index in [2.05, 4.69) is 74.2 Å². The Hall–Kier alpha value is -6.55. The fraction of sp³-hybridized carbons (Fsp3) is 0.333. The molecule has 0 saturated heterocycles. The molecule has 0 radical (unpaired) electrons. The lowest BCUT2D eigenvalue weighted by atomic mass is 9.84. The van der Waals surface area contributed by atoms with Gasteiger partial charge in [0, 0.05) is 41.9 Å². The number of amides is 1. The Balaban J connectivity index is 1.31. The van der Waals surface area contributed by atoms with Crippen molar-refractivity contribution in [2.75, 3.05) is 20.8 Å². The van der Waals surface area contributed by atoms with Crippen LogP contribution in [0.3, 0.4) is 0 Å². The maximum Gasteiger partial charge on any atom is 0.408 e. The Labute approximate surface area is 402 Å². The molecule has 7 rings (SSSR count). The first-order valence-corrected chi connectivity index (χ1v) is 24.7. The number of rotatable bonds is 18. The maximum atomic E-state index is 14.9. The molecule has 69 heavy (non-hydrogen) atoms. The van der Waals surface area contributed by atoms with Crippen molar-refractivity contribution >= 4 is 41.7 Å². The summed E-state index contributed by atoms with van der Waals surface area (Å²) in [6, 6.07) is 37.2. The number of oxazole rings is 1. The fourth-order valence-corrected chi connectivity index (χ4v) is 13.8. The zero-order valence-electron chi connectivity index (χ0n) is 40.2. The largest absolute Gasteiger partial charge is 0.467 e. The van der Waals surface area contributed by atoms with Crippen molar-refractivity contribution in [3.63, 3.8) is 0 Å². The third kappa shape index (κ3) is 11.5. The van der Waals surface area contributed by atoms with Crippen LogP contribution in [-0.2, 0) is 49.4 Å². The standard InChI is InChI=1S/C54H59F3N4O7Si/c1-36(64-7)48-41(25-18-28-58-48)49-43(31-53(5,6)35-68-69(52(2,3)4,39-21-14-10-15-22-39)40-23-16-11-17-24-40)42-29-38(26-27-46(42)61(49)34-54(55,56)57)45-33-66-47(59-45)30-44(50(62)65-8)60-51(63)67-32-37-19-12-9-13-20-37/h9-29,33,36,44H,30-32,34-35H2,1-8H3,(H,60,63)/t36-,44-/m0/s1. The summed E-state index contributed by atoms with van der Waals surface area (Å²) < 4.78 is 75.4. The SMILES string of the molecule is COC(=O)[C@H](Cc1nc(-c2ccc3c(c2)c(CC(C)(C)CO[Si](c2ccccc2)(c2ccccc2)C(C)(C)C)c(-c2cccnc2[C@H](C)OC)n3CC(F)(F)F)co1)NC(=O)OCc1ccccc1. The van der Waals surface area contributed by atoms with Gasteiger partial charge in [-0.25, -0.2) is 14.6 Å². The van der Waals surface area contributed by atoms with Crippen LogP contribution in [0, 0.1) is 5.41 Å². The number of benzene rings is 4. The Kier molecular flexibility index (Phi) is 15.3. The lowest BCUT2D eigenvalue weighted by Gasteiger charge is -2.44. The lowest BCUT2D eigenvalue weighted by Crippen LogP contribution is -2.67. The van der Waals surface area contributed by atoms with Gasteiger partial charge in [0.25, 0.3) is 8.32 Å². The zero-order valence-corrected chi connectivity index (χ0v) is 41.2. The number of pyridine rings is 1. The quantitative estimate of drug-likeness (QED) is 0.0661. The third-order valence-corrected chi connectivity index (χ3v) is 17.3. The maximum absolute atomic E-state index is 14.9. The molecule has 0 spiro atoms. The summed E-state index contributed by atoms with van der Waals surface area (Å²) in [5, 5.41) is 5.03. The number of halogens is 3. The van der Waals surface area contributed by atoms with Crippen LogP contribution >= 0.6 is 0 Å². The van der Waals surface area contributed by atoms with Crippen molar-refractivity contribution in [2.24, 2.45) is 5.41 Å². The molecule has 3 aromatic heterocycles. The molecule has 0 fully saturated rings. The van der Waals surface area contributed by atoms with Gasteiger partial charge in [-0.05, 0) is 69.6 Å². The summed E-state index contributed by atoms with van der Waals surface area (Å²) in [7, 11) is -0.278. The first-order valence-electron chi connectivity index (χ1n) is 22.8. The van der Waals surface area contributed by atoms with E-state index in [1.807, 2.05) is 67.6 Å². The minimum absolute atomic E-state index is 0.0148. The van der Waals surface area contributed by atoms with Crippen LogP contribution in [0.5, 0.6) is 0 Å². The number of nitrogens with one attached hydrogen (secondary N) is 1. The van der Waals surface area contributed by atoms with Crippen molar-refractivity contribution in [2.45, 2.75) is 90.9 Å². The Morgan fingerprint density at radius 1 is 0.841 bits per heavy atom. The molecule has 3 heterocycles. The number of carbonyl (C=O) groups is 2. The lowest BCUT2D eigenvalue weighted by molar-refractivity contribution is -0.143. The first-order chi connectivity index (χ1) is 32.8. The van der Waals surface area contributed by atoms with Crippen LogP contribution in [0.1, 0.15) is 70.4 Å². The molecule has 0 bridgehead atoms. The second-order valence-electron chi connectivity index (χ2n) is 19.0. The van der Waals surface area contributed by atoms with Crippen molar-refractivity contribution in [3.8, 4) is 22.5 Å². The molecule has 0 aliphatic rings. The van der Waals surface area contributed by atoms with Crippen LogP contribution in [0.2, 0.25) is 5.04 Å². The normalized spacial score (nSPS) is 13.3. The van der Waals surface area contributed by atoms with Crippen molar-refractivity contribution in [3.05, 3.63) is 156 Å². The Bertz CT molecular complexity index is 2800. The summed E-state index contributed by atoms with van der Waals surface area (Å²) in [6.07, 6.45) is -2.82. The molecule has 0 aliphatic heterocycles. The van der Waals surface area contributed by atoms with Gasteiger partial charge in [-0.2, -0.15) is 13.2 Å². The molecule has 1 N–H and O–H groups in total. The number of alkyl carbamates (subject to hydrolysis) is 1. The Morgan fingerprint density at radius 2 is 1.48 bits per heavy atom. The minimum Gasteiger partial charge on any atom is -0.467 e.